The molecule has 0 unspecified atom stereocenters. The number of nitro groups is 2. The summed E-state index contributed by atoms with van der Waals surface area (Å²) < 4.78 is 4.55. The Kier molecular flexibility index (Phi) is 6.78. The van der Waals surface area contributed by atoms with Gasteiger partial charge < -0.3 is 15.0 Å². The van der Waals surface area contributed by atoms with Gasteiger partial charge in [-0.05, 0) is 48.5 Å². The number of H-pyrrole nitrogens is 1. The number of hydrogen-bond donors (Lipinski definition) is 3. The first-order chi connectivity index (χ1) is 17.2. The van der Waals surface area contributed by atoms with Gasteiger partial charge in [0.1, 0.15) is 5.56 Å². The number of benzene rings is 3. The van der Waals surface area contributed by atoms with Crippen molar-refractivity contribution < 1.29 is 24.2 Å². The molecule has 182 valence electrons. The van der Waals surface area contributed by atoms with Crippen molar-refractivity contribution in [2.45, 2.75) is 9.79 Å². The number of nitrogens with one attached hydrogen (secondary N) is 3. The molecule has 0 aliphatic carbocycles. The number of nitro benzene ring substituents is 2. The second-order valence-electron chi connectivity index (χ2n) is 7.18. The summed E-state index contributed by atoms with van der Waals surface area (Å²) in [7, 11) is 1.25. The van der Waals surface area contributed by atoms with Crippen molar-refractivity contribution in [1.29, 1.82) is 0 Å². The predicted molar refractivity (Wildman–Crippen MR) is 130 cm³/mol. The Hall–Kier alpha value is -4.98. The van der Waals surface area contributed by atoms with Gasteiger partial charge in [0.15, 0.2) is 0 Å². The molecule has 3 aromatic carbocycles. The van der Waals surface area contributed by atoms with Crippen LogP contribution in [0.2, 0.25) is 0 Å². The standard InChI is InChI=1S/C22H16N6O7S/c1-35-22(30)26-21-24-17-9-7-15(11-18(17)25-21)36-14-5-2-12(3-6-14)23-20(29)16-8-4-13(27(31)32)10-19(16)28(33)34/h2-11H,1H3,(H,23,29)(H2,24,25,26,30). The number of aromatic nitrogens is 2. The Labute approximate surface area is 206 Å². The van der Waals surface area contributed by atoms with E-state index in [0.717, 1.165) is 28.0 Å². The number of fused-ring (bicyclic) bond motifs is 1. The summed E-state index contributed by atoms with van der Waals surface area (Å²) in [4.78, 5) is 53.4. The molecule has 1 aromatic heterocycles. The van der Waals surface area contributed by atoms with Gasteiger partial charge >= 0.3 is 6.09 Å². The van der Waals surface area contributed by atoms with Crippen LogP contribution in [-0.2, 0) is 4.74 Å². The quantitative estimate of drug-likeness (QED) is 0.229. The normalized spacial score (nSPS) is 10.6. The van der Waals surface area contributed by atoms with Crippen LogP contribution in [0.5, 0.6) is 0 Å². The van der Waals surface area contributed by atoms with E-state index < -0.39 is 33.2 Å². The molecule has 14 heteroatoms. The summed E-state index contributed by atoms with van der Waals surface area (Å²) >= 11 is 1.44. The fourth-order valence-electron chi connectivity index (χ4n) is 3.18. The van der Waals surface area contributed by atoms with Crippen LogP contribution in [0, 0.1) is 20.2 Å². The predicted octanol–water partition coefficient (Wildman–Crippen LogP) is 4.96. The lowest BCUT2D eigenvalue weighted by Crippen LogP contribution is -2.14. The number of amides is 2. The van der Waals surface area contributed by atoms with E-state index in [1.165, 1.54) is 18.9 Å². The largest absolute Gasteiger partial charge is 0.453 e. The summed E-state index contributed by atoms with van der Waals surface area (Å²) in [5.74, 6) is -0.509. The van der Waals surface area contributed by atoms with Gasteiger partial charge in [-0.25, -0.2) is 9.78 Å². The fourth-order valence-corrected chi connectivity index (χ4v) is 4.03. The van der Waals surface area contributed by atoms with Gasteiger partial charge in [-0.15, -0.1) is 0 Å². The number of imidazole rings is 1. The molecule has 4 aromatic rings. The van der Waals surface area contributed by atoms with E-state index in [0.29, 0.717) is 16.7 Å². The summed E-state index contributed by atoms with van der Waals surface area (Å²) in [5, 5.41) is 27.2. The highest BCUT2D eigenvalue weighted by Gasteiger charge is 2.24. The van der Waals surface area contributed by atoms with E-state index in [9.17, 15) is 29.8 Å². The number of non-ortho nitro benzene ring substituents is 1. The Balaban J connectivity index is 1.45. The molecule has 36 heavy (non-hydrogen) atoms. The number of aromatic amines is 1. The number of rotatable bonds is 7. The molecule has 0 fully saturated rings. The van der Waals surface area contributed by atoms with Gasteiger partial charge in [0, 0.05) is 21.5 Å². The van der Waals surface area contributed by atoms with Crippen LogP contribution in [0.1, 0.15) is 10.4 Å². The maximum absolute atomic E-state index is 12.6. The molecule has 13 nitrogen and oxygen atoms in total. The first-order valence-electron chi connectivity index (χ1n) is 10.1. The molecular weight excluding hydrogens is 492 g/mol. The van der Waals surface area contributed by atoms with Crippen molar-refractivity contribution in [3.05, 3.63) is 86.5 Å². The van der Waals surface area contributed by atoms with E-state index >= 15 is 0 Å². The van der Waals surface area contributed by atoms with Crippen LogP contribution in [-0.4, -0.2) is 38.9 Å². The highest BCUT2D eigenvalue weighted by atomic mass is 32.2. The van der Waals surface area contributed by atoms with Crippen molar-refractivity contribution in [3.63, 3.8) is 0 Å². The van der Waals surface area contributed by atoms with Crippen molar-refractivity contribution in [3.8, 4) is 0 Å². The first-order valence-corrected chi connectivity index (χ1v) is 10.9. The zero-order valence-corrected chi connectivity index (χ0v) is 19.2. The topological polar surface area (TPSA) is 182 Å². The van der Waals surface area contributed by atoms with Crippen LogP contribution in [0.25, 0.3) is 11.0 Å². The molecule has 0 radical (unpaired) electrons. The lowest BCUT2D eigenvalue weighted by Gasteiger charge is -2.07. The molecule has 4 rings (SSSR count). The Morgan fingerprint density at radius 1 is 0.944 bits per heavy atom. The number of carbonyl (C=O) groups excluding carboxylic acids is 2. The number of anilines is 2. The zero-order chi connectivity index (χ0) is 25.8. The second kappa shape index (κ2) is 10.1. The van der Waals surface area contributed by atoms with Gasteiger partial charge in [0.05, 0.1) is 34.1 Å². The lowest BCUT2D eigenvalue weighted by atomic mass is 10.1. The molecule has 0 bridgehead atoms. The maximum Gasteiger partial charge on any atom is 0.413 e. The monoisotopic (exact) mass is 508 g/mol. The molecule has 2 amide bonds. The Morgan fingerprint density at radius 2 is 1.67 bits per heavy atom. The molecule has 0 saturated carbocycles. The van der Waals surface area contributed by atoms with Crippen LogP contribution in [0.3, 0.4) is 0 Å². The van der Waals surface area contributed by atoms with E-state index in [2.05, 4.69) is 25.3 Å². The van der Waals surface area contributed by atoms with E-state index in [-0.39, 0.29) is 11.5 Å². The van der Waals surface area contributed by atoms with Crippen LogP contribution < -0.4 is 10.6 Å². The second-order valence-corrected chi connectivity index (χ2v) is 8.32. The Morgan fingerprint density at radius 3 is 2.33 bits per heavy atom. The van der Waals surface area contributed by atoms with Crippen LogP contribution in [0.15, 0.2) is 70.5 Å². The maximum atomic E-state index is 12.6. The average Bonchev–Trinajstić information content (AvgIpc) is 3.26. The van der Waals surface area contributed by atoms with Crippen molar-refractivity contribution in [2.75, 3.05) is 17.7 Å². The number of carbonyl (C=O) groups is 2. The summed E-state index contributed by atoms with van der Waals surface area (Å²) in [6.45, 7) is 0. The Bertz CT molecular complexity index is 1500. The first kappa shape index (κ1) is 24.2. The molecular formula is C22H16N6O7S. The van der Waals surface area contributed by atoms with E-state index in [1.807, 2.05) is 12.1 Å². The van der Waals surface area contributed by atoms with Gasteiger partial charge in [-0.3, -0.25) is 30.3 Å². The lowest BCUT2D eigenvalue weighted by molar-refractivity contribution is -0.394. The third kappa shape index (κ3) is 5.39. The van der Waals surface area contributed by atoms with E-state index in [1.54, 1.807) is 30.3 Å². The van der Waals surface area contributed by atoms with Crippen molar-refractivity contribution in [1.82, 2.24) is 9.97 Å². The minimum atomic E-state index is -0.841. The molecule has 0 saturated heterocycles. The number of methoxy groups -OCH3 is 1. The SMILES string of the molecule is COC(=O)Nc1nc2ccc(Sc3ccc(NC(=O)c4ccc([N+](=O)[O-])cc4[N+](=O)[O-])cc3)cc2[nH]1. The summed E-state index contributed by atoms with van der Waals surface area (Å²) in [5.41, 5.74) is 0.318. The highest BCUT2D eigenvalue weighted by Crippen LogP contribution is 2.31. The summed E-state index contributed by atoms with van der Waals surface area (Å²) in [6, 6.07) is 15.1. The van der Waals surface area contributed by atoms with Gasteiger partial charge in [-0.1, -0.05) is 11.8 Å². The summed E-state index contributed by atoms with van der Waals surface area (Å²) in [6.07, 6.45) is -0.640. The van der Waals surface area contributed by atoms with Crippen molar-refractivity contribution in [2.24, 2.45) is 0 Å². The molecule has 0 aliphatic heterocycles. The number of ether oxygens (including phenoxy) is 1. The third-order valence-electron chi connectivity index (χ3n) is 4.84. The van der Waals surface area contributed by atoms with Crippen molar-refractivity contribution >= 4 is 57.8 Å². The number of hydrogen-bond acceptors (Lipinski definition) is 9. The number of nitrogens with zero attached hydrogens (tertiary/aromatic N) is 3. The zero-order valence-electron chi connectivity index (χ0n) is 18.4. The van der Waals surface area contributed by atoms with Gasteiger partial charge in [0.2, 0.25) is 5.95 Å². The smallest absolute Gasteiger partial charge is 0.413 e. The third-order valence-corrected chi connectivity index (χ3v) is 5.84. The van der Waals surface area contributed by atoms with Crippen LogP contribution >= 0.6 is 11.8 Å². The average molecular weight is 508 g/mol. The van der Waals surface area contributed by atoms with Crippen LogP contribution in [0.4, 0.5) is 27.8 Å². The molecule has 0 aliphatic rings. The minimum absolute atomic E-state index is 0.257. The van der Waals surface area contributed by atoms with Gasteiger partial charge in [0.25, 0.3) is 17.3 Å². The molecule has 0 atom stereocenters. The fraction of sp³-hybridized carbons (Fsp3) is 0.0455. The molecule has 3 N–H and O–H groups in total. The molecule has 1 heterocycles. The van der Waals surface area contributed by atoms with Gasteiger partial charge in [-0.2, -0.15) is 0 Å². The minimum Gasteiger partial charge on any atom is -0.453 e. The van der Waals surface area contributed by atoms with E-state index in [4.69, 9.17) is 0 Å². The highest BCUT2D eigenvalue weighted by molar-refractivity contribution is 7.99. The molecule has 0 spiro atoms.